The van der Waals surface area contributed by atoms with E-state index in [-0.39, 0.29) is 5.25 Å². The highest BCUT2D eigenvalue weighted by Crippen LogP contribution is 2.28. The molecule has 0 saturated heterocycles. The Kier molecular flexibility index (Phi) is 4.58. The van der Waals surface area contributed by atoms with Gasteiger partial charge in [-0.25, -0.2) is 24.1 Å². The number of fused-ring (bicyclic) bond motifs is 1. The van der Waals surface area contributed by atoms with Crippen molar-refractivity contribution in [1.29, 1.82) is 0 Å². The van der Waals surface area contributed by atoms with Crippen LogP contribution in [0.5, 0.6) is 0 Å². The summed E-state index contributed by atoms with van der Waals surface area (Å²) >= 11 is 0. The minimum atomic E-state index is -1.12. The standard InChI is InChI=1S/C20H22N8OS/c1-12(2)28-13(3)24-16-10-22-19(8-17(16)28)25-18-6-7-21-20(26-18)14-9-23-27(11-14)30(29)15-4-5-15/h6-12,15H,4-5H2,1-3H3,(H,21,22,25,26). The van der Waals surface area contributed by atoms with Crippen molar-refractivity contribution in [3.05, 3.63) is 42.7 Å². The van der Waals surface area contributed by atoms with Gasteiger partial charge in [-0.1, -0.05) is 0 Å². The molecule has 4 heterocycles. The Hall–Kier alpha value is -3.14. The van der Waals surface area contributed by atoms with Crippen LogP contribution in [0.1, 0.15) is 38.6 Å². The Morgan fingerprint density at radius 2 is 2.00 bits per heavy atom. The highest BCUT2D eigenvalue weighted by atomic mass is 32.2. The van der Waals surface area contributed by atoms with E-state index in [0.717, 1.165) is 35.3 Å². The van der Waals surface area contributed by atoms with Crippen molar-refractivity contribution in [2.24, 2.45) is 0 Å². The Bertz CT molecular complexity index is 1260. The van der Waals surface area contributed by atoms with E-state index >= 15 is 0 Å². The molecular weight excluding hydrogens is 400 g/mol. The lowest BCUT2D eigenvalue weighted by Crippen LogP contribution is -2.09. The minimum absolute atomic E-state index is 0.218. The Morgan fingerprint density at radius 3 is 2.77 bits per heavy atom. The van der Waals surface area contributed by atoms with Gasteiger partial charge in [0, 0.05) is 18.3 Å². The third kappa shape index (κ3) is 3.47. The predicted octanol–water partition coefficient (Wildman–Crippen LogP) is 3.39. The van der Waals surface area contributed by atoms with Gasteiger partial charge in [0.15, 0.2) is 5.82 Å². The second-order valence-electron chi connectivity index (χ2n) is 7.68. The van der Waals surface area contributed by atoms with Crippen molar-refractivity contribution in [1.82, 2.24) is 33.7 Å². The van der Waals surface area contributed by atoms with E-state index in [9.17, 15) is 4.21 Å². The predicted molar refractivity (Wildman–Crippen MR) is 116 cm³/mol. The molecule has 1 saturated carbocycles. The smallest absolute Gasteiger partial charge is 0.164 e. The number of nitrogens with zero attached hydrogens (tertiary/aromatic N) is 7. The van der Waals surface area contributed by atoms with Gasteiger partial charge < -0.3 is 9.88 Å². The first-order valence-corrected chi connectivity index (χ1v) is 11.1. The quantitative estimate of drug-likeness (QED) is 0.508. The van der Waals surface area contributed by atoms with Gasteiger partial charge in [-0.3, -0.25) is 0 Å². The van der Waals surface area contributed by atoms with Crippen LogP contribution >= 0.6 is 0 Å². The Morgan fingerprint density at radius 1 is 1.17 bits per heavy atom. The van der Waals surface area contributed by atoms with Crippen LogP contribution in [0, 0.1) is 6.92 Å². The van der Waals surface area contributed by atoms with Gasteiger partial charge in [0.05, 0.1) is 34.9 Å². The molecule has 1 aliphatic carbocycles. The van der Waals surface area contributed by atoms with Gasteiger partial charge in [-0.05, 0) is 39.7 Å². The Balaban J connectivity index is 1.42. The molecule has 0 aliphatic heterocycles. The van der Waals surface area contributed by atoms with E-state index in [1.54, 1.807) is 30.9 Å². The van der Waals surface area contributed by atoms with Crippen molar-refractivity contribution in [3.8, 4) is 11.4 Å². The summed E-state index contributed by atoms with van der Waals surface area (Å²) in [6.45, 7) is 6.27. The van der Waals surface area contributed by atoms with Crippen molar-refractivity contribution in [2.45, 2.75) is 44.9 Å². The number of aromatic nitrogens is 7. The zero-order valence-corrected chi connectivity index (χ0v) is 17.8. The van der Waals surface area contributed by atoms with Gasteiger partial charge in [0.2, 0.25) is 0 Å². The van der Waals surface area contributed by atoms with E-state index < -0.39 is 11.0 Å². The zero-order valence-electron chi connectivity index (χ0n) is 17.0. The number of pyridine rings is 1. The van der Waals surface area contributed by atoms with Gasteiger partial charge in [0.1, 0.15) is 34.0 Å². The minimum Gasteiger partial charge on any atom is -0.326 e. The van der Waals surface area contributed by atoms with Crippen LogP contribution in [0.3, 0.4) is 0 Å². The second kappa shape index (κ2) is 7.28. The molecule has 0 spiro atoms. The van der Waals surface area contributed by atoms with Gasteiger partial charge in [0.25, 0.3) is 0 Å². The van der Waals surface area contributed by atoms with Crippen molar-refractivity contribution in [2.75, 3.05) is 5.32 Å². The molecule has 0 bridgehead atoms. The molecule has 1 unspecified atom stereocenters. The number of hydrogen-bond acceptors (Lipinski definition) is 7. The summed E-state index contributed by atoms with van der Waals surface area (Å²) < 4.78 is 16.0. The van der Waals surface area contributed by atoms with Gasteiger partial charge >= 0.3 is 0 Å². The maximum atomic E-state index is 12.3. The van der Waals surface area contributed by atoms with Crippen molar-refractivity contribution < 1.29 is 4.21 Å². The normalized spacial score (nSPS) is 15.1. The fraction of sp³-hybridized carbons (Fsp3) is 0.350. The summed E-state index contributed by atoms with van der Waals surface area (Å²) in [5.41, 5.74) is 2.62. The molecule has 4 aromatic heterocycles. The lowest BCUT2D eigenvalue weighted by molar-refractivity contribution is 0.600. The second-order valence-corrected chi connectivity index (χ2v) is 9.27. The first kappa shape index (κ1) is 18.9. The largest absolute Gasteiger partial charge is 0.326 e. The van der Waals surface area contributed by atoms with Crippen LogP contribution in [0.2, 0.25) is 0 Å². The number of anilines is 2. The average molecular weight is 423 g/mol. The monoisotopic (exact) mass is 422 g/mol. The van der Waals surface area contributed by atoms with Crippen molar-refractivity contribution in [3.63, 3.8) is 0 Å². The highest BCUT2D eigenvalue weighted by Gasteiger charge is 2.30. The fourth-order valence-corrected chi connectivity index (χ4v) is 4.68. The van der Waals surface area contributed by atoms with E-state index in [1.807, 2.05) is 13.0 Å². The molecular formula is C20H22N8OS. The first-order valence-electron chi connectivity index (χ1n) is 9.90. The lowest BCUT2D eigenvalue weighted by Gasteiger charge is -2.11. The van der Waals surface area contributed by atoms with Gasteiger partial charge in [-0.2, -0.15) is 9.19 Å². The third-order valence-electron chi connectivity index (χ3n) is 4.99. The van der Waals surface area contributed by atoms with E-state index in [1.165, 1.54) is 4.09 Å². The molecule has 1 atom stereocenters. The van der Waals surface area contributed by atoms with E-state index in [2.05, 4.69) is 48.8 Å². The van der Waals surface area contributed by atoms with Crippen LogP contribution in [-0.4, -0.2) is 43.1 Å². The molecule has 30 heavy (non-hydrogen) atoms. The number of rotatable bonds is 6. The molecule has 0 radical (unpaired) electrons. The zero-order chi connectivity index (χ0) is 20.8. The summed E-state index contributed by atoms with van der Waals surface area (Å²) in [6, 6.07) is 4.06. The topological polar surface area (TPSA) is 103 Å². The highest BCUT2D eigenvalue weighted by molar-refractivity contribution is 7.84. The molecule has 5 rings (SSSR count). The molecule has 154 valence electrons. The number of hydrogen-bond donors (Lipinski definition) is 1. The van der Waals surface area contributed by atoms with E-state index in [0.29, 0.717) is 23.5 Å². The van der Waals surface area contributed by atoms with Crippen LogP contribution in [-0.2, 0) is 11.0 Å². The van der Waals surface area contributed by atoms with E-state index in [4.69, 9.17) is 0 Å². The molecule has 1 N–H and O–H groups in total. The fourth-order valence-electron chi connectivity index (χ4n) is 3.48. The third-order valence-corrected chi connectivity index (χ3v) is 6.60. The average Bonchev–Trinajstić information content (AvgIpc) is 3.35. The Labute approximate surface area is 176 Å². The molecule has 0 amide bonds. The molecule has 1 fully saturated rings. The van der Waals surface area contributed by atoms with Crippen LogP contribution in [0.15, 0.2) is 36.9 Å². The van der Waals surface area contributed by atoms with Crippen LogP contribution in [0.4, 0.5) is 11.6 Å². The molecule has 10 heteroatoms. The maximum Gasteiger partial charge on any atom is 0.164 e. The summed E-state index contributed by atoms with van der Waals surface area (Å²) in [7, 11) is -1.12. The summed E-state index contributed by atoms with van der Waals surface area (Å²) in [5.74, 6) is 2.78. The maximum absolute atomic E-state index is 12.3. The van der Waals surface area contributed by atoms with Crippen molar-refractivity contribution >= 4 is 33.7 Å². The molecule has 4 aromatic rings. The van der Waals surface area contributed by atoms with Gasteiger partial charge in [-0.15, -0.1) is 0 Å². The van der Waals surface area contributed by atoms with Crippen LogP contribution < -0.4 is 5.32 Å². The molecule has 9 nitrogen and oxygen atoms in total. The summed E-state index contributed by atoms with van der Waals surface area (Å²) in [4.78, 5) is 18.0. The number of nitrogens with one attached hydrogen (secondary N) is 1. The summed E-state index contributed by atoms with van der Waals surface area (Å²) in [6.07, 6.45) is 8.81. The first-order chi connectivity index (χ1) is 14.5. The molecule has 0 aromatic carbocycles. The number of imidazole rings is 1. The van der Waals surface area contributed by atoms with Crippen LogP contribution in [0.25, 0.3) is 22.4 Å². The SMILES string of the molecule is Cc1nc2cnc(Nc3ccnc(-c4cnn(S(=O)C5CC5)c4)n3)cc2n1C(C)C. The lowest BCUT2D eigenvalue weighted by atomic mass is 10.3. The summed E-state index contributed by atoms with van der Waals surface area (Å²) in [5, 5.41) is 7.69. The molecule has 1 aliphatic rings. The number of aryl methyl sites for hydroxylation is 1.